The first-order valence-corrected chi connectivity index (χ1v) is 4.48. The lowest BCUT2D eigenvalue weighted by molar-refractivity contribution is -0.138. The van der Waals surface area contributed by atoms with Crippen molar-refractivity contribution in [2.75, 3.05) is 0 Å². The van der Waals surface area contributed by atoms with Gasteiger partial charge >= 0.3 is 5.97 Å². The van der Waals surface area contributed by atoms with E-state index in [0.717, 1.165) is 6.42 Å². The Bertz CT molecular complexity index is 266. The van der Waals surface area contributed by atoms with E-state index >= 15 is 0 Å². The van der Waals surface area contributed by atoms with E-state index in [9.17, 15) is 4.79 Å². The monoisotopic (exact) mass is 168 g/mol. The number of carboxylic acids is 1. The number of rotatable bonds is 2. The van der Waals surface area contributed by atoms with Gasteiger partial charge in [-0.1, -0.05) is 0 Å². The first-order chi connectivity index (χ1) is 5.29. The second kappa shape index (κ2) is 2.34. The molecule has 0 spiro atoms. The van der Waals surface area contributed by atoms with Crippen LogP contribution in [0.2, 0.25) is 0 Å². The number of hydrogen-bond donors (Lipinski definition) is 1. The summed E-state index contributed by atoms with van der Waals surface area (Å²) in [6.45, 7) is 0. The molecule has 2 rings (SSSR count). The number of carbonyl (C=O) groups is 1. The van der Waals surface area contributed by atoms with Crippen LogP contribution in [0.3, 0.4) is 0 Å². The van der Waals surface area contributed by atoms with Gasteiger partial charge in [0, 0.05) is 0 Å². The summed E-state index contributed by atoms with van der Waals surface area (Å²) in [6, 6.07) is 2.01. The van der Waals surface area contributed by atoms with E-state index in [2.05, 4.69) is 0 Å². The Hall–Kier alpha value is -0.830. The van der Waals surface area contributed by atoms with E-state index in [-0.39, 0.29) is 5.92 Å². The molecule has 1 aromatic heterocycles. The maximum atomic E-state index is 10.5. The lowest BCUT2D eigenvalue weighted by Gasteiger charge is -1.89. The van der Waals surface area contributed by atoms with Crippen LogP contribution in [0, 0.1) is 5.92 Å². The van der Waals surface area contributed by atoms with Crippen LogP contribution < -0.4 is 0 Å². The van der Waals surface area contributed by atoms with E-state index in [1.165, 1.54) is 5.56 Å². The summed E-state index contributed by atoms with van der Waals surface area (Å²) in [5, 5.41) is 12.7. The van der Waals surface area contributed by atoms with Gasteiger partial charge in [-0.25, -0.2) is 0 Å². The average molecular weight is 168 g/mol. The van der Waals surface area contributed by atoms with E-state index in [0.29, 0.717) is 5.92 Å². The highest BCUT2D eigenvalue weighted by molar-refractivity contribution is 7.08. The standard InChI is InChI=1S/C8H8O2S/c9-8(10)7-3-6(7)5-1-2-11-4-5/h1-2,4,6-7H,3H2,(H,9,10)/t6-,7+/m1/s1. The van der Waals surface area contributed by atoms with Gasteiger partial charge in [-0.2, -0.15) is 11.3 Å². The second-order valence-corrected chi connectivity index (χ2v) is 3.62. The zero-order chi connectivity index (χ0) is 7.84. The molecule has 1 aliphatic carbocycles. The van der Waals surface area contributed by atoms with Crippen LogP contribution in [0.4, 0.5) is 0 Å². The molecule has 3 heteroatoms. The van der Waals surface area contributed by atoms with Crippen molar-refractivity contribution in [2.45, 2.75) is 12.3 Å². The highest BCUT2D eigenvalue weighted by Gasteiger charge is 2.44. The predicted molar refractivity (Wildman–Crippen MR) is 42.8 cm³/mol. The van der Waals surface area contributed by atoms with Gasteiger partial charge in [0.05, 0.1) is 5.92 Å². The molecule has 1 aromatic rings. The molecule has 1 N–H and O–H groups in total. The average Bonchev–Trinajstić information content (AvgIpc) is 2.60. The first kappa shape index (κ1) is 6.85. The van der Waals surface area contributed by atoms with Gasteiger partial charge in [0.1, 0.15) is 0 Å². The number of hydrogen-bond acceptors (Lipinski definition) is 2. The minimum atomic E-state index is -0.652. The SMILES string of the molecule is O=C(O)[C@H]1C[C@@H]1c1ccsc1. The molecule has 1 aliphatic rings. The normalized spacial score (nSPS) is 28.4. The molecule has 2 atom stereocenters. The summed E-state index contributed by atoms with van der Waals surface area (Å²) in [5.41, 5.74) is 1.20. The molecular weight excluding hydrogens is 160 g/mol. The quantitative estimate of drug-likeness (QED) is 0.732. The molecule has 0 amide bonds. The van der Waals surface area contributed by atoms with E-state index < -0.39 is 5.97 Å². The van der Waals surface area contributed by atoms with Crippen molar-refractivity contribution in [3.63, 3.8) is 0 Å². The summed E-state index contributed by atoms with van der Waals surface area (Å²) < 4.78 is 0. The van der Waals surface area contributed by atoms with Gasteiger partial charge in [-0.15, -0.1) is 0 Å². The predicted octanol–water partition coefficient (Wildman–Crippen LogP) is 1.94. The third kappa shape index (κ3) is 1.16. The highest BCUT2D eigenvalue weighted by atomic mass is 32.1. The fourth-order valence-corrected chi connectivity index (χ4v) is 2.05. The fraction of sp³-hybridized carbons (Fsp3) is 0.375. The van der Waals surface area contributed by atoms with Gasteiger partial charge in [0.25, 0.3) is 0 Å². The van der Waals surface area contributed by atoms with Gasteiger partial charge in [-0.3, -0.25) is 4.79 Å². The van der Waals surface area contributed by atoms with E-state index in [1.54, 1.807) is 11.3 Å². The fourth-order valence-electron chi connectivity index (χ4n) is 1.32. The second-order valence-electron chi connectivity index (χ2n) is 2.84. The molecular formula is C8H8O2S. The molecule has 0 aromatic carbocycles. The van der Waals surface area contributed by atoms with Gasteiger partial charge in [-0.05, 0) is 34.7 Å². The summed E-state index contributed by atoms with van der Waals surface area (Å²) in [7, 11) is 0. The van der Waals surface area contributed by atoms with Crippen molar-refractivity contribution in [3.8, 4) is 0 Å². The Morgan fingerprint density at radius 3 is 3.00 bits per heavy atom. The molecule has 0 radical (unpaired) electrons. The maximum absolute atomic E-state index is 10.5. The largest absolute Gasteiger partial charge is 0.481 e. The summed E-state index contributed by atoms with van der Waals surface area (Å²) in [4.78, 5) is 10.5. The Labute approximate surface area is 68.5 Å². The number of aliphatic carboxylic acids is 1. The molecule has 2 nitrogen and oxygen atoms in total. The highest BCUT2D eigenvalue weighted by Crippen LogP contribution is 2.47. The Morgan fingerprint density at radius 1 is 1.73 bits per heavy atom. The molecule has 1 fully saturated rings. The van der Waals surface area contributed by atoms with Crippen LogP contribution >= 0.6 is 11.3 Å². The summed E-state index contributed by atoms with van der Waals surface area (Å²) >= 11 is 1.63. The minimum Gasteiger partial charge on any atom is -0.481 e. The molecule has 0 saturated heterocycles. The molecule has 1 heterocycles. The summed E-state index contributed by atoms with van der Waals surface area (Å²) in [6.07, 6.45) is 0.825. The zero-order valence-corrected chi connectivity index (χ0v) is 6.67. The van der Waals surface area contributed by atoms with Gasteiger partial charge in [0.2, 0.25) is 0 Å². The third-order valence-corrected chi connectivity index (χ3v) is 2.78. The van der Waals surface area contributed by atoms with Crippen LogP contribution in [0.15, 0.2) is 16.8 Å². The minimum absolute atomic E-state index is 0.107. The van der Waals surface area contributed by atoms with Gasteiger partial charge in [0.15, 0.2) is 0 Å². The van der Waals surface area contributed by atoms with Crippen LogP contribution in [0.25, 0.3) is 0 Å². The molecule has 0 bridgehead atoms. The van der Waals surface area contributed by atoms with Crippen LogP contribution in [0.5, 0.6) is 0 Å². The molecule has 0 unspecified atom stereocenters. The van der Waals surface area contributed by atoms with Gasteiger partial charge < -0.3 is 5.11 Å². The zero-order valence-electron chi connectivity index (χ0n) is 5.86. The summed E-state index contributed by atoms with van der Waals surface area (Å²) in [5.74, 6) is -0.454. The molecule has 1 saturated carbocycles. The number of carboxylic acid groups (broad SMARTS) is 1. The van der Waals surface area contributed by atoms with Crippen molar-refractivity contribution in [3.05, 3.63) is 22.4 Å². The van der Waals surface area contributed by atoms with Crippen molar-refractivity contribution in [1.29, 1.82) is 0 Å². The smallest absolute Gasteiger partial charge is 0.307 e. The van der Waals surface area contributed by atoms with Crippen LogP contribution in [0.1, 0.15) is 17.9 Å². The maximum Gasteiger partial charge on any atom is 0.307 e. The third-order valence-electron chi connectivity index (χ3n) is 2.08. The molecule has 0 aliphatic heterocycles. The lowest BCUT2D eigenvalue weighted by atomic mass is 10.2. The lowest BCUT2D eigenvalue weighted by Crippen LogP contribution is -1.98. The van der Waals surface area contributed by atoms with Crippen molar-refractivity contribution in [2.24, 2.45) is 5.92 Å². The van der Waals surface area contributed by atoms with Crippen molar-refractivity contribution < 1.29 is 9.90 Å². The van der Waals surface area contributed by atoms with Crippen LogP contribution in [-0.2, 0) is 4.79 Å². The molecule has 58 valence electrons. The van der Waals surface area contributed by atoms with E-state index in [4.69, 9.17) is 5.11 Å². The van der Waals surface area contributed by atoms with E-state index in [1.807, 2.05) is 16.8 Å². The first-order valence-electron chi connectivity index (χ1n) is 3.54. The number of thiophene rings is 1. The topological polar surface area (TPSA) is 37.3 Å². The van der Waals surface area contributed by atoms with Crippen LogP contribution in [-0.4, -0.2) is 11.1 Å². The molecule has 11 heavy (non-hydrogen) atoms. The van der Waals surface area contributed by atoms with Crippen molar-refractivity contribution >= 4 is 17.3 Å². The van der Waals surface area contributed by atoms with Crippen molar-refractivity contribution in [1.82, 2.24) is 0 Å². The Morgan fingerprint density at radius 2 is 2.55 bits per heavy atom. The Balaban J connectivity index is 2.08. The Kier molecular flexibility index (Phi) is 1.46.